The lowest BCUT2D eigenvalue weighted by atomic mass is 10.1. The summed E-state index contributed by atoms with van der Waals surface area (Å²) in [4.78, 5) is 0. The van der Waals surface area contributed by atoms with Gasteiger partial charge in [-0.05, 0) is 19.3 Å². The van der Waals surface area contributed by atoms with E-state index in [1.807, 2.05) is 0 Å². The molecule has 0 aromatic carbocycles. The molecule has 3 unspecified atom stereocenters. The van der Waals surface area contributed by atoms with Crippen LogP contribution in [0.3, 0.4) is 0 Å². The number of aliphatic hydroxyl groups is 1. The van der Waals surface area contributed by atoms with E-state index in [2.05, 4.69) is 3.63 Å². The highest BCUT2D eigenvalue weighted by Crippen LogP contribution is 2.67. The van der Waals surface area contributed by atoms with Crippen LogP contribution in [0.4, 0.5) is 13.2 Å². The lowest BCUT2D eigenvalue weighted by Crippen LogP contribution is -2.30. The van der Waals surface area contributed by atoms with Crippen LogP contribution in [0.2, 0.25) is 0 Å². The van der Waals surface area contributed by atoms with Gasteiger partial charge in [-0.2, -0.15) is 21.6 Å². The Morgan fingerprint density at radius 2 is 1.88 bits per heavy atom. The normalized spacial score (nSPS) is 42.1. The molecular weight excluding hydrogens is 281 g/mol. The summed E-state index contributed by atoms with van der Waals surface area (Å²) >= 11 is 0. The van der Waals surface area contributed by atoms with Crippen LogP contribution >= 0.6 is 10.3 Å². The molecule has 2 fully saturated rings. The van der Waals surface area contributed by atoms with Crippen LogP contribution in [0.25, 0.3) is 0 Å². The fourth-order valence-corrected chi connectivity index (χ4v) is 8.56. The second-order valence-corrected chi connectivity index (χ2v) is 9.36. The Morgan fingerprint density at radius 3 is 2.47 bits per heavy atom. The van der Waals surface area contributed by atoms with Gasteiger partial charge in [-0.1, -0.05) is 0 Å². The maximum Gasteiger partial charge on any atom is 0.523 e. The molecule has 3 atom stereocenters. The minimum Gasteiger partial charge on any atom is -0.392 e. The minimum atomic E-state index is -5.54. The van der Waals surface area contributed by atoms with Gasteiger partial charge in [0.15, 0.2) is 0 Å². The Labute approximate surface area is 98.8 Å². The van der Waals surface area contributed by atoms with Crippen molar-refractivity contribution in [2.24, 2.45) is 0 Å². The van der Waals surface area contributed by atoms with Crippen molar-refractivity contribution in [3.63, 3.8) is 0 Å². The maximum atomic E-state index is 12.3. The largest absolute Gasteiger partial charge is 0.523 e. The molecule has 0 saturated carbocycles. The van der Waals surface area contributed by atoms with Gasteiger partial charge in [-0.15, -0.1) is 10.3 Å². The van der Waals surface area contributed by atoms with Crippen molar-refractivity contribution in [2.75, 3.05) is 11.5 Å². The van der Waals surface area contributed by atoms with Crippen molar-refractivity contribution in [1.82, 2.24) is 0 Å². The zero-order chi connectivity index (χ0) is 12.9. The highest BCUT2D eigenvalue weighted by atomic mass is 32.3. The van der Waals surface area contributed by atoms with Gasteiger partial charge in [0, 0.05) is 16.8 Å². The molecule has 2 saturated heterocycles. The molecule has 4 nitrogen and oxygen atoms in total. The molecule has 2 heterocycles. The van der Waals surface area contributed by atoms with Gasteiger partial charge in [0.1, 0.15) is 0 Å². The smallest absolute Gasteiger partial charge is 0.392 e. The fourth-order valence-electron chi connectivity index (χ4n) is 2.47. The number of alkyl halides is 3. The Morgan fingerprint density at radius 1 is 1.24 bits per heavy atom. The van der Waals surface area contributed by atoms with E-state index in [1.165, 1.54) is 0 Å². The molecule has 9 heteroatoms. The molecule has 0 aliphatic carbocycles. The second kappa shape index (κ2) is 4.01. The zero-order valence-electron chi connectivity index (χ0n) is 8.81. The van der Waals surface area contributed by atoms with Gasteiger partial charge in [0.05, 0.1) is 6.10 Å². The highest BCUT2D eigenvalue weighted by molar-refractivity contribution is 8.33. The van der Waals surface area contributed by atoms with Gasteiger partial charge in [-0.3, -0.25) is 0 Å². The van der Waals surface area contributed by atoms with Gasteiger partial charge in [0.25, 0.3) is 0 Å². The fraction of sp³-hybridized carbons (Fsp3) is 1.00. The number of hydrogen-bond acceptors (Lipinski definition) is 4. The molecule has 0 aromatic rings. The summed E-state index contributed by atoms with van der Waals surface area (Å²) in [5.74, 6) is 0.582. The first-order chi connectivity index (χ1) is 7.68. The van der Waals surface area contributed by atoms with Gasteiger partial charge < -0.3 is 5.11 Å². The Kier molecular flexibility index (Phi) is 3.17. The van der Waals surface area contributed by atoms with Crippen LogP contribution in [0.15, 0.2) is 0 Å². The van der Waals surface area contributed by atoms with Gasteiger partial charge >= 0.3 is 15.6 Å². The average molecular weight is 294 g/mol. The molecule has 17 heavy (non-hydrogen) atoms. The maximum absolute atomic E-state index is 12.3. The standard InChI is InChI=1S/C8H13F3O4S2/c9-8(10,11)17(13,14)15-16-4-1-2-7(16)6(12)3-5-16/h6-7,12H,1-5H2. The summed E-state index contributed by atoms with van der Waals surface area (Å²) in [6, 6.07) is 0. The first-order valence-electron chi connectivity index (χ1n) is 5.16. The minimum absolute atomic E-state index is 0.244. The van der Waals surface area contributed by atoms with Crippen molar-refractivity contribution in [1.29, 1.82) is 0 Å². The topological polar surface area (TPSA) is 63.6 Å². The predicted molar refractivity (Wildman–Crippen MR) is 57.0 cm³/mol. The van der Waals surface area contributed by atoms with E-state index in [9.17, 15) is 26.7 Å². The van der Waals surface area contributed by atoms with Crippen molar-refractivity contribution in [3.8, 4) is 0 Å². The zero-order valence-corrected chi connectivity index (χ0v) is 10.4. The third-order valence-corrected chi connectivity index (χ3v) is 9.15. The molecule has 102 valence electrons. The van der Waals surface area contributed by atoms with Crippen LogP contribution < -0.4 is 0 Å². The van der Waals surface area contributed by atoms with Crippen LogP contribution in [-0.4, -0.2) is 41.9 Å². The van der Waals surface area contributed by atoms with Crippen LogP contribution in [0.1, 0.15) is 19.3 Å². The predicted octanol–water partition coefficient (Wildman–Crippen LogP) is 1.50. The van der Waals surface area contributed by atoms with E-state index in [4.69, 9.17) is 0 Å². The quantitative estimate of drug-likeness (QED) is 0.784. The van der Waals surface area contributed by atoms with Crippen molar-refractivity contribution in [2.45, 2.75) is 36.1 Å². The number of fused-ring (bicyclic) bond motifs is 1. The monoisotopic (exact) mass is 294 g/mol. The summed E-state index contributed by atoms with van der Waals surface area (Å²) in [5.41, 5.74) is -5.38. The number of halogens is 3. The lowest BCUT2D eigenvalue weighted by Gasteiger charge is -2.34. The van der Waals surface area contributed by atoms with E-state index < -0.39 is 37.3 Å². The van der Waals surface area contributed by atoms with Crippen LogP contribution in [0, 0.1) is 0 Å². The first kappa shape index (κ1) is 13.4. The summed E-state index contributed by atoms with van der Waals surface area (Å²) in [5, 5.41) is 9.21. The summed E-state index contributed by atoms with van der Waals surface area (Å²) in [6.45, 7) is 0. The number of hydrogen-bond donors (Lipinski definition) is 1. The first-order valence-corrected chi connectivity index (χ1v) is 8.53. The molecule has 0 spiro atoms. The van der Waals surface area contributed by atoms with E-state index in [0.717, 1.165) is 0 Å². The van der Waals surface area contributed by atoms with Crippen molar-refractivity contribution < 1.29 is 30.3 Å². The van der Waals surface area contributed by atoms with Crippen molar-refractivity contribution >= 4 is 20.4 Å². The molecule has 0 radical (unpaired) electrons. The van der Waals surface area contributed by atoms with E-state index >= 15 is 0 Å². The molecule has 2 aliphatic rings. The molecule has 2 aliphatic heterocycles. The SMILES string of the molecule is O=S(=O)(OS12CCCC1C(O)CC2)C(F)(F)F. The lowest BCUT2D eigenvalue weighted by molar-refractivity contribution is -0.0496. The summed E-state index contributed by atoms with van der Waals surface area (Å²) < 4.78 is 63.4. The van der Waals surface area contributed by atoms with E-state index in [1.54, 1.807) is 0 Å². The second-order valence-electron chi connectivity index (χ2n) is 4.28. The van der Waals surface area contributed by atoms with E-state index in [0.29, 0.717) is 25.0 Å². The third-order valence-electron chi connectivity index (χ3n) is 3.23. The highest BCUT2D eigenvalue weighted by Gasteiger charge is 2.56. The van der Waals surface area contributed by atoms with Crippen molar-refractivity contribution in [3.05, 3.63) is 0 Å². The molecule has 1 N–H and O–H groups in total. The molecule has 2 rings (SSSR count). The summed E-state index contributed by atoms with van der Waals surface area (Å²) in [7, 11) is -7.86. The average Bonchev–Trinajstić information content (AvgIpc) is 2.66. The van der Waals surface area contributed by atoms with Crippen LogP contribution in [-0.2, 0) is 13.7 Å². The van der Waals surface area contributed by atoms with Crippen LogP contribution in [0.5, 0.6) is 0 Å². The Hall–Kier alpha value is 0.01000. The number of aliphatic hydroxyl groups excluding tert-OH is 1. The van der Waals surface area contributed by atoms with Gasteiger partial charge in [0.2, 0.25) is 0 Å². The molecule has 0 aromatic heterocycles. The Balaban J connectivity index is 2.24. The Bertz CT molecular complexity index is 407. The molecular formula is C8H13F3O4S2. The summed E-state index contributed by atoms with van der Waals surface area (Å²) in [6.07, 6.45) is 0.762. The van der Waals surface area contributed by atoms with E-state index in [-0.39, 0.29) is 5.75 Å². The van der Waals surface area contributed by atoms with Gasteiger partial charge in [-0.25, -0.2) is 3.63 Å². The number of rotatable bonds is 2. The molecule has 0 bridgehead atoms. The third kappa shape index (κ3) is 2.18. The molecule has 0 amide bonds.